The highest BCUT2D eigenvalue weighted by Crippen LogP contribution is 2.21. The molecule has 0 radical (unpaired) electrons. The summed E-state index contributed by atoms with van der Waals surface area (Å²) in [6.45, 7) is 0.939. The zero-order valence-corrected chi connectivity index (χ0v) is 7.86. The summed E-state index contributed by atoms with van der Waals surface area (Å²) in [4.78, 5) is 0. The molecule has 1 rings (SSSR count). The van der Waals surface area contributed by atoms with Crippen LogP contribution in [-0.4, -0.2) is 12.5 Å². The first kappa shape index (κ1) is 11.0. The second-order valence-electron chi connectivity index (χ2n) is 3.33. The Kier molecular flexibility index (Phi) is 3.16. The van der Waals surface area contributed by atoms with Crippen LogP contribution in [0, 0.1) is 12.7 Å². The van der Waals surface area contributed by atoms with Crippen molar-refractivity contribution in [1.29, 1.82) is 0 Å². The number of aryl methyl sites for hydroxylation is 1. The largest absolute Gasteiger partial charge is 0.325 e. The average Bonchev–Trinajstić information content (AvgIpc) is 2.10. The molecule has 1 aromatic rings. The fourth-order valence-corrected chi connectivity index (χ4v) is 1.15. The maximum atomic E-state index is 13.1. The lowest BCUT2D eigenvalue weighted by molar-refractivity contribution is 0.0107. The summed E-state index contributed by atoms with van der Waals surface area (Å²) >= 11 is 0. The van der Waals surface area contributed by atoms with Crippen molar-refractivity contribution in [2.24, 2.45) is 5.73 Å². The molecule has 2 N–H and O–H groups in total. The summed E-state index contributed by atoms with van der Waals surface area (Å²) in [6, 6.07) is 4.21. The van der Waals surface area contributed by atoms with E-state index in [-0.39, 0.29) is 5.56 Å². The van der Waals surface area contributed by atoms with E-state index >= 15 is 0 Å². The molecule has 78 valence electrons. The van der Waals surface area contributed by atoms with Gasteiger partial charge in [0.1, 0.15) is 5.82 Å². The van der Waals surface area contributed by atoms with Crippen molar-refractivity contribution in [3.63, 3.8) is 0 Å². The molecule has 0 aromatic heterocycles. The van der Waals surface area contributed by atoms with E-state index in [1.54, 1.807) is 13.0 Å². The molecule has 0 bridgehead atoms. The van der Waals surface area contributed by atoms with Crippen molar-refractivity contribution >= 4 is 0 Å². The van der Waals surface area contributed by atoms with Crippen molar-refractivity contribution in [3.05, 3.63) is 35.1 Å². The van der Waals surface area contributed by atoms with Gasteiger partial charge in [-0.05, 0) is 24.1 Å². The fourth-order valence-electron chi connectivity index (χ4n) is 1.15. The van der Waals surface area contributed by atoms with Crippen LogP contribution in [0.1, 0.15) is 11.1 Å². The van der Waals surface area contributed by atoms with Gasteiger partial charge in [-0.3, -0.25) is 0 Å². The maximum Gasteiger partial charge on any atom is 0.264 e. The summed E-state index contributed by atoms with van der Waals surface area (Å²) in [6.07, 6.45) is -0.643. The van der Waals surface area contributed by atoms with Crippen LogP contribution in [0.15, 0.2) is 18.2 Å². The van der Waals surface area contributed by atoms with Gasteiger partial charge in [0.15, 0.2) is 0 Å². The van der Waals surface area contributed by atoms with Gasteiger partial charge in [0, 0.05) is 6.42 Å². The van der Waals surface area contributed by atoms with Gasteiger partial charge in [-0.1, -0.05) is 12.1 Å². The number of nitrogens with two attached hydrogens (primary N) is 1. The molecule has 1 nitrogen and oxygen atoms in total. The van der Waals surface area contributed by atoms with Crippen LogP contribution in [0.2, 0.25) is 0 Å². The SMILES string of the molecule is Cc1ccc(CC(F)(F)CN)c(F)c1. The third-order valence-electron chi connectivity index (χ3n) is 1.96. The Morgan fingerprint density at radius 2 is 2.00 bits per heavy atom. The summed E-state index contributed by atoms with van der Waals surface area (Å²) in [5, 5.41) is 0. The van der Waals surface area contributed by atoms with Gasteiger partial charge in [-0.2, -0.15) is 0 Å². The van der Waals surface area contributed by atoms with Gasteiger partial charge in [0.25, 0.3) is 5.92 Å². The Bertz CT molecular complexity index is 323. The zero-order valence-electron chi connectivity index (χ0n) is 7.86. The molecular weight excluding hydrogens is 191 g/mol. The number of hydrogen-bond donors (Lipinski definition) is 1. The molecule has 0 fully saturated rings. The van der Waals surface area contributed by atoms with E-state index in [2.05, 4.69) is 0 Å². The molecule has 0 aliphatic rings. The van der Waals surface area contributed by atoms with Gasteiger partial charge < -0.3 is 5.73 Å². The van der Waals surface area contributed by atoms with Crippen molar-refractivity contribution in [2.45, 2.75) is 19.3 Å². The first-order valence-electron chi connectivity index (χ1n) is 4.27. The lowest BCUT2D eigenvalue weighted by atomic mass is 10.0. The number of rotatable bonds is 3. The van der Waals surface area contributed by atoms with Gasteiger partial charge in [0.2, 0.25) is 0 Å². The minimum Gasteiger partial charge on any atom is -0.325 e. The van der Waals surface area contributed by atoms with Crippen LogP contribution in [0.25, 0.3) is 0 Å². The van der Waals surface area contributed by atoms with Crippen LogP contribution in [-0.2, 0) is 6.42 Å². The number of halogens is 3. The fraction of sp³-hybridized carbons (Fsp3) is 0.400. The van der Waals surface area contributed by atoms with Gasteiger partial charge in [-0.25, -0.2) is 13.2 Å². The van der Waals surface area contributed by atoms with E-state index in [0.29, 0.717) is 5.56 Å². The van der Waals surface area contributed by atoms with E-state index in [4.69, 9.17) is 5.73 Å². The standard InChI is InChI=1S/C10H12F3N/c1-7-2-3-8(9(11)4-7)5-10(12,13)6-14/h2-4H,5-6,14H2,1H3. The van der Waals surface area contributed by atoms with Crippen LogP contribution in [0.5, 0.6) is 0 Å². The van der Waals surface area contributed by atoms with E-state index < -0.39 is 24.7 Å². The second kappa shape index (κ2) is 4.00. The first-order chi connectivity index (χ1) is 6.44. The highest BCUT2D eigenvalue weighted by Gasteiger charge is 2.28. The quantitative estimate of drug-likeness (QED) is 0.801. The van der Waals surface area contributed by atoms with E-state index in [1.165, 1.54) is 12.1 Å². The van der Waals surface area contributed by atoms with Crippen LogP contribution in [0.3, 0.4) is 0 Å². The van der Waals surface area contributed by atoms with Crippen LogP contribution >= 0.6 is 0 Å². The average molecular weight is 203 g/mol. The summed E-state index contributed by atoms with van der Waals surface area (Å²) < 4.78 is 38.8. The van der Waals surface area contributed by atoms with Gasteiger partial charge in [0.05, 0.1) is 6.54 Å². The van der Waals surface area contributed by atoms with Crippen molar-refractivity contribution < 1.29 is 13.2 Å². The zero-order chi connectivity index (χ0) is 10.8. The molecule has 14 heavy (non-hydrogen) atoms. The van der Waals surface area contributed by atoms with Crippen molar-refractivity contribution in [2.75, 3.05) is 6.54 Å². The van der Waals surface area contributed by atoms with Crippen LogP contribution < -0.4 is 5.73 Å². The third kappa shape index (κ3) is 2.73. The molecule has 0 amide bonds. The number of alkyl halides is 2. The molecule has 0 saturated carbocycles. The lowest BCUT2D eigenvalue weighted by Crippen LogP contribution is -2.30. The summed E-state index contributed by atoms with van der Waals surface area (Å²) in [5.41, 5.74) is 5.58. The number of benzene rings is 1. The third-order valence-corrected chi connectivity index (χ3v) is 1.96. The number of hydrogen-bond acceptors (Lipinski definition) is 1. The maximum absolute atomic E-state index is 13.1. The highest BCUT2D eigenvalue weighted by molar-refractivity contribution is 5.24. The molecule has 0 saturated heterocycles. The Morgan fingerprint density at radius 3 is 2.50 bits per heavy atom. The molecule has 0 aliphatic carbocycles. The van der Waals surface area contributed by atoms with Crippen molar-refractivity contribution in [1.82, 2.24) is 0 Å². The molecule has 0 unspecified atom stereocenters. The molecule has 0 heterocycles. The molecule has 4 heteroatoms. The Balaban J connectivity index is 2.87. The van der Waals surface area contributed by atoms with E-state index in [9.17, 15) is 13.2 Å². The highest BCUT2D eigenvalue weighted by atomic mass is 19.3. The van der Waals surface area contributed by atoms with Crippen LogP contribution in [0.4, 0.5) is 13.2 Å². The second-order valence-corrected chi connectivity index (χ2v) is 3.33. The smallest absolute Gasteiger partial charge is 0.264 e. The minimum atomic E-state index is -3.03. The first-order valence-corrected chi connectivity index (χ1v) is 4.27. The summed E-state index contributed by atoms with van der Waals surface area (Å²) in [5.74, 6) is -3.63. The topological polar surface area (TPSA) is 26.0 Å². The predicted molar refractivity (Wildman–Crippen MR) is 48.8 cm³/mol. The lowest BCUT2D eigenvalue weighted by Gasteiger charge is -2.14. The molecule has 0 atom stereocenters. The Labute approximate surface area is 80.7 Å². The molecule has 0 spiro atoms. The molecule has 0 aliphatic heterocycles. The Morgan fingerprint density at radius 1 is 1.36 bits per heavy atom. The summed E-state index contributed by atoms with van der Waals surface area (Å²) in [7, 11) is 0. The monoisotopic (exact) mass is 203 g/mol. The Hall–Kier alpha value is -1.03. The van der Waals surface area contributed by atoms with E-state index in [0.717, 1.165) is 0 Å². The predicted octanol–water partition coefficient (Wildman–Crippen LogP) is 2.27. The molecular formula is C10H12F3N. The minimum absolute atomic E-state index is 0.00560. The normalized spacial score (nSPS) is 11.8. The molecule has 1 aromatic carbocycles. The van der Waals surface area contributed by atoms with E-state index in [1.807, 2.05) is 0 Å². The van der Waals surface area contributed by atoms with Gasteiger partial charge in [-0.15, -0.1) is 0 Å². The van der Waals surface area contributed by atoms with Crippen molar-refractivity contribution in [3.8, 4) is 0 Å². The van der Waals surface area contributed by atoms with Gasteiger partial charge >= 0.3 is 0 Å².